The Labute approximate surface area is 154 Å². The number of carbonyl (C=O) groups excluding carboxylic acids is 2. The normalized spacial score (nSPS) is 21.0. The molecule has 2 fully saturated rings. The van der Waals surface area contributed by atoms with Crippen LogP contribution in [-0.4, -0.2) is 53.0 Å². The summed E-state index contributed by atoms with van der Waals surface area (Å²) in [5, 5.41) is 3.14. The average Bonchev–Trinajstić information content (AvgIpc) is 3.12. The number of nitrogens with zero attached hydrogens (tertiary/aromatic N) is 3. The predicted octanol–water partition coefficient (Wildman–Crippen LogP) is 2.16. The maximum Gasteiger partial charge on any atom is 0.255 e. The third-order valence-electron chi connectivity index (χ3n) is 5.28. The first-order valence-electron chi connectivity index (χ1n) is 9.53. The van der Waals surface area contributed by atoms with Crippen LogP contribution < -0.4 is 5.32 Å². The molecule has 1 saturated heterocycles. The van der Waals surface area contributed by atoms with Gasteiger partial charge in [0.05, 0.1) is 17.3 Å². The lowest BCUT2D eigenvalue weighted by molar-refractivity contribution is -0.136. The lowest BCUT2D eigenvalue weighted by Gasteiger charge is -2.27. The number of rotatable bonds is 5. The fraction of sp³-hybridized carbons (Fsp3) is 0.684. The van der Waals surface area contributed by atoms with E-state index in [1.165, 1.54) is 13.5 Å². The van der Waals surface area contributed by atoms with Gasteiger partial charge in [0.25, 0.3) is 5.91 Å². The van der Waals surface area contributed by atoms with Crippen LogP contribution in [0.5, 0.6) is 0 Å². The number of methoxy groups -OCH3 is 1. The van der Waals surface area contributed by atoms with E-state index in [1.807, 2.05) is 6.92 Å². The Balaban J connectivity index is 1.83. The predicted molar refractivity (Wildman–Crippen MR) is 96.7 cm³/mol. The van der Waals surface area contributed by atoms with Crippen LogP contribution in [0.15, 0.2) is 6.20 Å². The molecule has 3 rings (SSSR count). The van der Waals surface area contributed by atoms with Crippen LogP contribution in [-0.2, 0) is 9.53 Å². The minimum Gasteiger partial charge on any atom is -0.375 e. The van der Waals surface area contributed by atoms with Crippen molar-refractivity contribution in [3.8, 4) is 0 Å². The second-order valence-corrected chi connectivity index (χ2v) is 7.20. The zero-order valence-electron chi connectivity index (χ0n) is 15.7. The fourth-order valence-corrected chi connectivity index (χ4v) is 3.98. The largest absolute Gasteiger partial charge is 0.375 e. The van der Waals surface area contributed by atoms with Crippen molar-refractivity contribution in [2.24, 2.45) is 0 Å². The molecule has 26 heavy (non-hydrogen) atoms. The first-order valence-corrected chi connectivity index (χ1v) is 9.53. The van der Waals surface area contributed by atoms with Gasteiger partial charge in [0.15, 0.2) is 0 Å². The molecule has 142 valence electrons. The van der Waals surface area contributed by atoms with Crippen molar-refractivity contribution in [1.82, 2.24) is 20.2 Å². The number of aromatic nitrogens is 2. The van der Waals surface area contributed by atoms with E-state index in [-0.39, 0.29) is 30.5 Å². The highest BCUT2D eigenvalue weighted by Crippen LogP contribution is 2.33. The molecule has 7 heteroatoms. The van der Waals surface area contributed by atoms with Gasteiger partial charge in [-0.05, 0) is 32.6 Å². The first kappa shape index (κ1) is 18.8. The van der Waals surface area contributed by atoms with Gasteiger partial charge in [-0.1, -0.05) is 19.3 Å². The number of nitrogens with one attached hydrogen (secondary N) is 1. The van der Waals surface area contributed by atoms with Crippen molar-refractivity contribution < 1.29 is 14.3 Å². The smallest absolute Gasteiger partial charge is 0.255 e. The summed E-state index contributed by atoms with van der Waals surface area (Å²) in [4.78, 5) is 35.8. The fourth-order valence-electron chi connectivity index (χ4n) is 3.98. The lowest BCUT2D eigenvalue weighted by atomic mass is 9.95. The molecule has 1 aromatic heterocycles. The molecule has 7 nitrogen and oxygen atoms in total. The molecular weight excluding hydrogens is 332 g/mol. The summed E-state index contributed by atoms with van der Waals surface area (Å²) in [6.07, 6.45) is 8.90. The summed E-state index contributed by atoms with van der Waals surface area (Å²) in [5.41, 5.74) is 1.15. The molecule has 1 aromatic rings. The third kappa shape index (κ3) is 4.20. The van der Waals surface area contributed by atoms with Crippen LogP contribution >= 0.6 is 0 Å². The van der Waals surface area contributed by atoms with Gasteiger partial charge in [0, 0.05) is 25.9 Å². The molecule has 2 heterocycles. The number of amides is 2. The number of carbonyl (C=O) groups is 2. The maximum absolute atomic E-state index is 12.9. The van der Waals surface area contributed by atoms with E-state index in [9.17, 15) is 9.59 Å². The summed E-state index contributed by atoms with van der Waals surface area (Å²) in [6.45, 7) is 2.52. The van der Waals surface area contributed by atoms with Gasteiger partial charge in [-0.25, -0.2) is 9.97 Å². The molecule has 1 saturated carbocycles. The van der Waals surface area contributed by atoms with E-state index in [0.717, 1.165) is 38.5 Å². The maximum atomic E-state index is 12.9. The molecule has 2 amide bonds. The molecule has 2 aliphatic rings. The van der Waals surface area contributed by atoms with E-state index in [2.05, 4.69) is 15.3 Å². The molecular formula is C19H28N4O3. The van der Waals surface area contributed by atoms with Gasteiger partial charge in [0.2, 0.25) is 5.91 Å². The van der Waals surface area contributed by atoms with E-state index < -0.39 is 0 Å². The van der Waals surface area contributed by atoms with Gasteiger partial charge in [0.1, 0.15) is 12.4 Å². The molecule has 0 radical (unpaired) electrons. The lowest BCUT2D eigenvalue weighted by Crippen LogP contribution is -2.38. The van der Waals surface area contributed by atoms with Crippen LogP contribution in [0.1, 0.15) is 72.9 Å². The quantitative estimate of drug-likeness (QED) is 0.870. The summed E-state index contributed by atoms with van der Waals surface area (Å²) < 4.78 is 5.00. The van der Waals surface area contributed by atoms with Crippen LogP contribution in [0.25, 0.3) is 0 Å². The number of ether oxygens (including phenoxy) is 1. The number of hydrogen-bond donors (Lipinski definition) is 1. The highest BCUT2D eigenvalue weighted by Gasteiger charge is 2.34. The topological polar surface area (TPSA) is 84.4 Å². The van der Waals surface area contributed by atoms with Gasteiger partial charge in [-0.15, -0.1) is 0 Å². The minimum atomic E-state index is -0.188. The van der Waals surface area contributed by atoms with Crippen molar-refractivity contribution >= 4 is 11.8 Å². The van der Waals surface area contributed by atoms with E-state index >= 15 is 0 Å². The zero-order valence-corrected chi connectivity index (χ0v) is 15.7. The van der Waals surface area contributed by atoms with Gasteiger partial charge >= 0.3 is 0 Å². The van der Waals surface area contributed by atoms with Crippen molar-refractivity contribution in [3.63, 3.8) is 0 Å². The van der Waals surface area contributed by atoms with Gasteiger partial charge < -0.3 is 15.0 Å². The molecule has 0 bridgehead atoms. The number of aryl methyl sites for hydroxylation is 1. The van der Waals surface area contributed by atoms with E-state index in [4.69, 9.17) is 4.74 Å². The Morgan fingerprint density at radius 1 is 1.23 bits per heavy atom. The number of likely N-dealkylation sites (tertiary alicyclic amines) is 1. The standard InChI is InChI=1S/C19H28N4O3/c1-13-20-11-15(19(25)22-14-7-4-3-5-8-14)18(21-13)16-9-6-10-23(16)17(24)12-26-2/h11,14,16H,3-10,12H2,1-2H3,(H,22,25)/t16-/m0/s1. The minimum absolute atomic E-state index is 0.0458. The average molecular weight is 360 g/mol. The highest BCUT2D eigenvalue weighted by atomic mass is 16.5. The Morgan fingerprint density at radius 2 is 2.00 bits per heavy atom. The Kier molecular flexibility index (Phi) is 6.19. The number of hydrogen-bond acceptors (Lipinski definition) is 5. The van der Waals surface area contributed by atoms with Gasteiger partial charge in [-0.2, -0.15) is 0 Å². The van der Waals surface area contributed by atoms with E-state index in [1.54, 1.807) is 11.1 Å². The molecule has 1 atom stereocenters. The molecule has 1 aliphatic carbocycles. The Morgan fingerprint density at radius 3 is 2.73 bits per heavy atom. The molecule has 0 unspecified atom stereocenters. The van der Waals surface area contributed by atoms with Crippen molar-refractivity contribution in [2.45, 2.75) is 64.0 Å². The summed E-state index contributed by atoms with van der Waals surface area (Å²) in [6, 6.07) is 0.0339. The SMILES string of the molecule is COCC(=O)N1CCC[C@H]1c1nc(C)ncc1C(=O)NC1CCCCC1. The van der Waals surface area contributed by atoms with Crippen molar-refractivity contribution in [2.75, 3.05) is 20.3 Å². The highest BCUT2D eigenvalue weighted by molar-refractivity contribution is 5.95. The molecule has 1 N–H and O–H groups in total. The first-order chi connectivity index (χ1) is 12.6. The van der Waals surface area contributed by atoms with Crippen LogP contribution in [0.4, 0.5) is 0 Å². The summed E-state index contributed by atoms with van der Waals surface area (Å²) in [7, 11) is 1.51. The molecule has 0 aromatic carbocycles. The van der Waals surface area contributed by atoms with Gasteiger partial charge in [-0.3, -0.25) is 9.59 Å². The second-order valence-electron chi connectivity index (χ2n) is 7.20. The Bertz CT molecular complexity index is 658. The van der Waals surface area contributed by atoms with Crippen LogP contribution in [0.2, 0.25) is 0 Å². The molecule has 0 spiro atoms. The van der Waals surface area contributed by atoms with Crippen molar-refractivity contribution in [1.29, 1.82) is 0 Å². The zero-order chi connectivity index (χ0) is 18.5. The van der Waals surface area contributed by atoms with Crippen LogP contribution in [0, 0.1) is 6.92 Å². The second kappa shape index (κ2) is 8.58. The molecule has 1 aliphatic heterocycles. The van der Waals surface area contributed by atoms with Crippen molar-refractivity contribution in [3.05, 3.63) is 23.3 Å². The summed E-state index contributed by atoms with van der Waals surface area (Å²) >= 11 is 0. The van der Waals surface area contributed by atoms with Crippen LogP contribution in [0.3, 0.4) is 0 Å². The van der Waals surface area contributed by atoms with E-state index in [0.29, 0.717) is 23.6 Å². The summed E-state index contributed by atoms with van der Waals surface area (Å²) in [5.74, 6) is 0.420. The monoisotopic (exact) mass is 360 g/mol. The third-order valence-corrected chi connectivity index (χ3v) is 5.28. The Hall–Kier alpha value is -2.02.